The van der Waals surface area contributed by atoms with Crippen LogP contribution in [-0.2, 0) is 19.1 Å². The third kappa shape index (κ3) is 9.97. The number of esters is 1. The van der Waals surface area contributed by atoms with Crippen LogP contribution in [0.15, 0.2) is 0 Å². The molecule has 0 bridgehead atoms. The van der Waals surface area contributed by atoms with Crippen molar-refractivity contribution >= 4 is 17.9 Å². The molecule has 0 amide bonds. The number of rotatable bonds is 9. The Hall–Kier alpha value is -1.75. The van der Waals surface area contributed by atoms with Gasteiger partial charge in [-0.1, -0.05) is 13.3 Å². The van der Waals surface area contributed by atoms with Gasteiger partial charge in [0.2, 0.25) is 0 Å². The zero-order chi connectivity index (χ0) is 19.4. The Balaban J connectivity index is 0.000000504. The van der Waals surface area contributed by atoms with Crippen LogP contribution in [0.2, 0.25) is 0 Å². The van der Waals surface area contributed by atoms with Gasteiger partial charge in [-0.15, -0.1) is 0 Å². The van der Waals surface area contributed by atoms with Crippen LogP contribution in [0.3, 0.4) is 0 Å². The predicted octanol–water partition coefficient (Wildman–Crippen LogP) is -1.36. The van der Waals surface area contributed by atoms with Gasteiger partial charge in [0.25, 0.3) is 0 Å². The molecule has 1 aliphatic heterocycles. The summed E-state index contributed by atoms with van der Waals surface area (Å²) >= 11 is 0. The Morgan fingerprint density at radius 3 is 2.36 bits per heavy atom. The summed E-state index contributed by atoms with van der Waals surface area (Å²) in [6.45, 7) is 2.59. The van der Waals surface area contributed by atoms with E-state index in [0.717, 1.165) is 12.8 Å². The van der Waals surface area contributed by atoms with Gasteiger partial charge < -0.3 is 36.8 Å². The van der Waals surface area contributed by atoms with Crippen LogP contribution in [-0.4, -0.2) is 70.6 Å². The number of carboxylic acid groups (broad SMARTS) is 2. The number of unbranched alkanes of at least 4 members (excludes halogenated alkanes) is 1. The highest BCUT2D eigenvalue weighted by atomic mass is 16.6. The van der Waals surface area contributed by atoms with E-state index in [1.807, 2.05) is 0 Å². The average Bonchev–Trinajstić information content (AvgIpc) is 3.03. The lowest BCUT2D eigenvalue weighted by atomic mass is 10.1. The summed E-state index contributed by atoms with van der Waals surface area (Å²) in [7, 11) is 0. The first-order valence-electron chi connectivity index (χ1n) is 8.26. The fourth-order valence-electron chi connectivity index (χ4n) is 2.02. The number of ether oxygens (including phenoxy) is 1. The van der Waals surface area contributed by atoms with E-state index in [0.29, 0.717) is 25.9 Å². The van der Waals surface area contributed by atoms with Gasteiger partial charge in [0.15, 0.2) is 6.10 Å². The number of carbonyl (C=O) groups is 3. The molecule has 1 saturated heterocycles. The normalized spacial score (nSPS) is 21.6. The quantitative estimate of drug-likeness (QED) is 0.211. The molecule has 0 saturated carbocycles. The summed E-state index contributed by atoms with van der Waals surface area (Å²) in [5.74, 6) is -2.57. The van der Waals surface area contributed by atoms with Crippen LogP contribution in [0.4, 0.5) is 0 Å². The van der Waals surface area contributed by atoms with Crippen LogP contribution >= 0.6 is 0 Å². The van der Waals surface area contributed by atoms with Gasteiger partial charge >= 0.3 is 17.9 Å². The number of aliphatic carboxylic acids is 2. The second-order valence-electron chi connectivity index (χ2n) is 5.75. The third-order valence-corrected chi connectivity index (χ3v) is 3.62. The Bertz CT molecular complexity index is 433. The molecule has 146 valence electrons. The minimum Gasteiger partial charge on any atom is -0.480 e. The fourth-order valence-corrected chi connectivity index (χ4v) is 2.02. The number of carboxylic acids is 2. The monoisotopic (exact) mass is 363 g/mol. The first-order valence-corrected chi connectivity index (χ1v) is 8.26. The molecule has 2 unspecified atom stereocenters. The fraction of sp³-hybridized carbons (Fsp3) is 0.800. The number of carbonyl (C=O) groups excluding carboxylic acids is 1. The maximum atomic E-state index is 11.2. The van der Waals surface area contributed by atoms with Gasteiger partial charge in [-0.25, -0.2) is 4.79 Å². The van der Waals surface area contributed by atoms with Crippen molar-refractivity contribution in [1.82, 2.24) is 5.32 Å². The number of aliphatic hydroxyl groups is 1. The molecule has 1 rings (SSSR count). The summed E-state index contributed by atoms with van der Waals surface area (Å²) < 4.78 is 4.93. The molecule has 4 atom stereocenters. The summed E-state index contributed by atoms with van der Waals surface area (Å²) in [4.78, 5) is 31.9. The minimum atomic E-state index is -1.12. The van der Waals surface area contributed by atoms with Crippen molar-refractivity contribution < 1.29 is 34.4 Å². The van der Waals surface area contributed by atoms with Crippen molar-refractivity contribution in [1.29, 1.82) is 0 Å². The molecule has 25 heavy (non-hydrogen) atoms. The lowest BCUT2D eigenvalue weighted by Gasteiger charge is -2.13. The highest BCUT2D eigenvalue weighted by molar-refractivity contribution is 5.76. The van der Waals surface area contributed by atoms with Gasteiger partial charge in [-0.3, -0.25) is 9.59 Å². The van der Waals surface area contributed by atoms with Crippen molar-refractivity contribution in [3.05, 3.63) is 0 Å². The Kier molecular flexibility index (Phi) is 11.7. The molecule has 0 aromatic heterocycles. The largest absolute Gasteiger partial charge is 0.480 e. The first-order chi connectivity index (χ1) is 11.7. The summed E-state index contributed by atoms with van der Waals surface area (Å²) in [6.07, 6.45) is 1.13. The number of hydrogen-bond donors (Lipinski definition) is 6. The molecule has 10 heteroatoms. The van der Waals surface area contributed by atoms with Gasteiger partial charge in [0.05, 0.1) is 0 Å². The van der Waals surface area contributed by atoms with Gasteiger partial charge in [-0.05, 0) is 25.8 Å². The highest BCUT2D eigenvalue weighted by Crippen LogP contribution is 2.12. The van der Waals surface area contributed by atoms with Crippen LogP contribution in [0.5, 0.6) is 0 Å². The van der Waals surface area contributed by atoms with E-state index in [-0.39, 0.29) is 6.42 Å². The van der Waals surface area contributed by atoms with Crippen molar-refractivity contribution in [3.8, 4) is 0 Å². The van der Waals surface area contributed by atoms with Gasteiger partial charge in [-0.2, -0.15) is 0 Å². The second kappa shape index (κ2) is 12.6. The van der Waals surface area contributed by atoms with Crippen molar-refractivity contribution in [2.45, 2.75) is 63.3 Å². The molecule has 1 fully saturated rings. The molecule has 8 N–H and O–H groups in total. The van der Waals surface area contributed by atoms with E-state index in [1.165, 1.54) is 0 Å². The van der Waals surface area contributed by atoms with Crippen molar-refractivity contribution in [3.63, 3.8) is 0 Å². The summed E-state index contributed by atoms with van der Waals surface area (Å²) in [5.41, 5.74) is 10.4. The smallest absolute Gasteiger partial charge is 0.335 e. The topological polar surface area (TPSA) is 185 Å². The summed E-state index contributed by atoms with van der Waals surface area (Å²) in [5, 5.41) is 28.9. The third-order valence-electron chi connectivity index (χ3n) is 3.62. The van der Waals surface area contributed by atoms with E-state index >= 15 is 0 Å². The maximum absolute atomic E-state index is 11.2. The lowest BCUT2D eigenvalue weighted by Crippen LogP contribution is -2.30. The second-order valence-corrected chi connectivity index (χ2v) is 5.75. The zero-order valence-corrected chi connectivity index (χ0v) is 14.4. The number of nitrogens with one attached hydrogen (secondary N) is 1. The number of aliphatic hydroxyl groups excluding tert-OH is 1. The van der Waals surface area contributed by atoms with Gasteiger partial charge in [0, 0.05) is 13.0 Å². The number of hydrogen-bond acceptors (Lipinski definition) is 8. The molecule has 1 heterocycles. The predicted molar refractivity (Wildman–Crippen MR) is 88.7 cm³/mol. The van der Waals surface area contributed by atoms with E-state index in [4.69, 9.17) is 31.5 Å². The van der Waals surface area contributed by atoms with E-state index in [2.05, 4.69) is 5.32 Å². The average molecular weight is 363 g/mol. The van der Waals surface area contributed by atoms with Gasteiger partial charge in [0.1, 0.15) is 18.2 Å². The van der Waals surface area contributed by atoms with Crippen LogP contribution in [0.1, 0.15) is 39.0 Å². The molecule has 0 spiro atoms. The molecular formula is C15H29N3O7. The lowest BCUT2D eigenvalue weighted by molar-refractivity contribution is -0.158. The standard InChI is InChI=1S/C9H15NO5.C6H14N2O2/c1-2-7(11)9(14)15-5-3-6(8(12)13)10-4-5;7-4-2-1-3-5(8)6(9)10/h5-7,10-11H,2-4H2,1H3,(H,12,13);5H,1-4,7-8H2,(H,9,10)/t5-,6+,7?;/m1./s1. The number of nitrogens with two attached hydrogens (primary N) is 2. The molecule has 1 aliphatic rings. The van der Waals surface area contributed by atoms with Crippen LogP contribution in [0, 0.1) is 0 Å². The molecular weight excluding hydrogens is 334 g/mol. The van der Waals surface area contributed by atoms with Crippen molar-refractivity contribution in [2.75, 3.05) is 13.1 Å². The maximum Gasteiger partial charge on any atom is 0.335 e. The summed E-state index contributed by atoms with van der Waals surface area (Å²) in [6, 6.07) is -1.38. The van der Waals surface area contributed by atoms with Crippen LogP contribution in [0.25, 0.3) is 0 Å². The molecule has 0 aliphatic carbocycles. The van der Waals surface area contributed by atoms with E-state index in [9.17, 15) is 14.4 Å². The minimum absolute atomic E-state index is 0.248. The first kappa shape index (κ1) is 23.2. The molecule has 0 radical (unpaired) electrons. The molecule has 0 aromatic carbocycles. The zero-order valence-electron chi connectivity index (χ0n) is 14.4. The highest BCUT2D eigenvalue weighted by Gasteiger charge is 2.32. The SMILES string of the molecule is CCC(O)C(=O)O[C@H]1CN[C@H](C(=O)O)C1.NCCCCC(N)C(=O)O. The van der Waals surface area contributed by atoms with E-state index < -0.39 is 42.2 Å². The Labute approximate surface area is 146 Å². The van der Waals surface area contributed by atoms with Crippen LogP contribution < -0.4 is 16.8 Å². The van der Waals surface area contributed by atoms with Crippen molar-refractivity contribution in [2.24, 2.45) is 11.5 Å². The Morgan fingerprint density at radius 1 is 1.28 bits per heavy atom. The Morgan fingerprint density at radius 2 is 1.92 bits per heavy atom. The van der Waals surface area contributed by atoms with E-state index in [1.54, 1.807) is 6.92 Å². The molecule has 10 nitrogen and oxygen atoms in total. The molecule has 0 aromatic rings.